The third-order valence-electron chi connectivity index (χ3n) is 4.94. The smallest absolute Gasteiger partial charge is 0.317 e. The fourth-order valence-electron chi connectivity index (χ4n) is 3.31. The summed E-state index contributed by atoms with van der Waals surface area (Å²) < 4.78 is 5.85. The number of carbonyl (C=O) groups is 1. The zero-order valence-corrected chi connectivity index (χ0v) is 16.2. The lowest BCUT2D eigenvalue weighted by atomic mass is 10.2. The lowest BCUT2D eigenvalue weighted by Gasteiger charge is -2.36. The number of para-hydroxylation sites is 1. The summed E-state index contributed by atoms with van der Waals surface area (Å²) in [6.07, 6.45) is 3.47. The zero-order valence-electron chi connectivity index (χ0n) is 16.2. The zero-order chi connectivity index (χ0) is 19.9. The first kappa shape index (κ1) is 18.8. The van der Waals surface area contributed by atoms with Crippen molar-refractivity contribution in [3.8, 4) is 11.5 Å². The highest BCUT2D eigenvalue weighted by Crippen LogP contribution is 2.25. The molecule has 0 bridgehead atoms. The Morgan fingerprint density at radius 2 is 1.52 bits per heavy atom. The minimum Gasteiger partial charge on any atom is -0.457 e. The van der Waals surface area contributed by atoms with Crippen LogP contribution >= 0.6 is 0 Å². The van der Waals surface area contributed by atoms with E-state index in [4.69, 9.17) is 4.74 Å². The number of anilines is 1. The number of ether oxygens (including phenoxy) is 1. The summed E-state index contributed by atoms with van der Waals surface area (Å²) in [5, 5.41) is 2.98. The number of piperazine rings is 1. The van der Waals surface area contributed by atoms with Gasteiger partial charge in [0.05, 0.1) is 0 Å². The van der Waals surface area contributed by atoms with Crippen molar-refractivity contribution in [2.24, 2.45) is 0 Å². The molecule has 1 saturated heterocycles. The van der Waals surface area contributed by atoms with Crippen LogP contribution in [0.2, 0.25) is 0 Å². The molecule has 6 heteroatoms. The van der Waals surface area contributed by atoms with Gasteiger partial charge < -0.3 is 19.9 Å². The Labute approximate surface area is 170 Å². The van der Waals surface area contributed by atoms with Crippen LogP contribution < -0.4 is 15.0 Å². The van der Waals surface area contributed by atoms with Gasteiger partial charge in [0.1, 0.15) is 11.5 Å². The molecule has 0 atom stereocenters. The Bertz CT molecular complexity index is 909. The number of pyridine rings is 1. The van der Waals surface area contributed by atoms with E-state index in [9.17, 15) is 4.79 Å². The fraction of sp³-hybridized carbons (Fsp3) is 0.217. The van der Waals surface area contributed by atoms with Crippen molar-refractivity contribution in [3.63, 3.8) is 0 Å². The quantitative estimate of drug-likeness (QED) is 0.720. The van der Waals surface area contributed by atoms with Gasteiger partial charge in [0.25, 0.3) is 0 Å². The van der Waals surface area contributed by atoms with Crippen LogP contribution in [-0.4, -0.2) is 42.1 Å². The highest BCUT2D eigenvalue weighted by atomic mass is 16.5. The number of nitrogens with one attached hydrogen (secondary N) is 1. The predicted octanol–water partition coefficient (Wildman–Crippen LogP) is 3.91. The van der Waals surface area contributed by atoms with Crippen molar-refractivity contribution >= 4 is 11.7 Å². The SMILES string of the molecule is O=C(NCc1ccncc1)N1CCN(c2ccc(Oc3ccccc3)cc2)CC1. The first-order valence-electron chi connectivity index (χ1n) is 9.77. The van der Waals surface area contributed by atoms with Crippen LogP contribution in [0.25, 0.3) is 0 Å². The molecule has 1 aliphatic rings. The highest BCUT2D eigenvalue weighted by Gasteiger charge is 2.21. The summed E-state index contributed by atoms with van der Waals surface area (Å²) in [6.45, 7) is 3.53. The molecule has 0 aliphatic carbocycles. The summed E-state index contributed by atoms with van der Waals surface area (Å²) >= 11 is 0. The third kappa shape index (κ3) is 5.04. The van der Waals surface area contributed by atoms with E-state index in [1.807, 2.05) is 59.5 Å². The van der Waals surface area contributed by atoms with Crippen LogP contribution in [0.15, 0.2) is 79.1 Å². The van der Waals surface area contributed by atoms with E-state index in [-0.39, 0.29) is 6.03 Å². The third-order valence-corrected chi connectivity index (χ3v) is 4.94. The average molecular weight is 388 g/mol. The molecule has 0 spiro atoms. The van der Waals surface area contributed by atoms with Gasteiger partial charge in [-0.2, -0.15) is 0 Å². The van der Waals surface area contributed by atoms with Crippen molar-refractivity contribution in [1.29, 1.82) is 0 Å². The van der Waals surface area contributed by atoms with Gasteiger partial charge in [-0.25, -0.2) is 4.79 Å². The van der Waals surface area contributed by atoms with Gasteiger partial charge in [-0.15, -0.1) is 0 Å². The molecule has 29 heavy (non-hydrogen) atoms. The molecule has 1 N–H and O–H groups in total. The number of hydrogen-bond acceptors (Lipinski definition) is 4. The molecule has 3 aromatic rings. The monoisotopic (exact) mass is 388 g/mol. The largest absolute Gasteiger partial charge is 0.457 e. The van der Waals surface area contributed by atoms with E-state index < -0.39 is 0 Å². The van der Waals surface area contributed by atoms with Gasteiger partial charge in [0, 0.05) is 50.8 Å². The summed E-state index contributed by atoms with van der Waals surface area (Å²) in [5.41, 5.74) is 2.19. The van der Waals surface area contributed by atoms with Gasteiger partial charge in [-0.05, 0) is 54.1 Å². The van der Waals surface area contributed by atoms with E-state index in [1.165, 1.54) is 0 Å². The summed E-state index contributed by atoms with van der Waals surface area (Å²) in [7, 11) is 0. The molecular weight excluding hydrogens is 364 g/mol. The molecule has 4 rings (SSSR count). The topological polar surface area (TPSA) is 57.7 Å². The van der Waals surface area contributed by atoms with Gasteiger partial charge >= 0.3 is 6.03 Å². The summed E-state index contributed by atoms with van der Waals surface area (Å²) in [6, 6.07) is 21.6. The van der Waals surface area contributed by atoms with Crippen LogP contribution in [0.3, 0.4) is 0 Å². The lowest BCUT2D eigenvalue weighted by Crippen LogP contribution is -2.51. The molecule has 2 aromatic carbocycles. The maximum atomic E-state index is 12.4. The molecule has 1 aromatic heterocycles. The normalized spacial score (nSPS) is 13.8. The van der Waals surface area contributed by atoms with Gasteiger partial charge in [-0.1, -0.05) is 18.2 Å². The molecule has 148 valence electrons. The molecule has 1 aliphatic heterocycles. The second-order valence-electron chi connectivity index (χ2n) is 6.90. The van der Waals surface area contributed by atoms with Crippen molar-refractivity contribution in [2.45, 2.75) is 6.54 Å². The van der Waals surface area contributed by atoms with E-state index in [0.717, 1.165) is 35.8 Å². The maximum absolute atomic E-state index is 12.4. The number of rotatable bonds is 5. The van der Waals surface area contributed by atoms with E-state index in [0.29, 0.717) is 19.6 Å². The first-order valence-corrected chi connectivity index (χ1v) is 9.77. The predicted molar refractivity (Wildman–Crippen MR) is 113 cm³/mol. The van der Waals surface area contributed by atoms with E-state index in [1.54, 1.807) is 12.4 Å². The molecule has 2 heterocycles. The summed E-state index contributed by atoms with van der Waals surface area (Å²) in [5.74, 6) is 1.64. The number of benzene rings is 2. The second-order valence-corrected chi connectivity index (χ2v) is 6.90. The van der Waals surface area contributed by atoms with Gasteiger partial charge in [0.15, 0.2) is 0 Å². The second kappa shape index (κ2) is 9.10. The number of hydrogen-bond donors (Lipinski definition) is 1. The van der Waals surface area contributed by atoms with Crippen LogP contribution in [0.1, 0.15) is 5.56 Å². The van der Waals surface area contributed by atoms with E-state index >= 15 is 0 Å². The van der Waals surface area contributed by atoms with Crippen molar-refractivity contribution in [2.75, 3.05) is 31.1 Å². The molecule has 0 radical (unpaired) electrons. The maximum Gasteiger partial charge on any atom is 0.317 e. The molecule has 2 amide bonds. The van der Waals surface area contributed by atoms with Crippen molar-refractivity contribution in [1.82, 2.24) is 15.2 Å². The first-order chi connectivity index (χ1) is 14.3. The minimum atomic E-state index is -0.0203. The van der Waals surface area contributed by atoms with Crippen molar-refractivity contribution in [3.05, 3.63) is 84.7 Å². The molecular formula is C23H24N4O2. The average Bonchev–Trinajstić information content (AvgIpc) is 2.79. The lowest BCUT2D eigenvalue weighted by molar-refractivity contribution is 0.194. The number of nitrogens with zero attached hydrogens (tertiary/aromatic N) is 3. The Hall–Kier alpha value is -3.54. The number of aromatic nitrogens is 1. The van der Waals surface area contributed by atoms with Crippen LogP contribution in [0.4, 0.5) is 10.5 Å². The standard InChI is InChI=1S/C23H24N4O2/c28-23(25-18-19-10-12-24-13-11-19)27-16-14-26(15-17-27)20-6-8-22(9-7-20)29-21-4-2-1-3-5-21/h1-13H,14-18H2,(H,25,28). The number of urea groups is 1. The van der Waals surface area contributed by atoms with E-state index in [2.05, 4.69) is 27.3 Å². The van der Waals surface area contributed by atoms with Crippen molar-refractivity contribution < 1.29 is 9.53 Å². The van der Waals surface area contributed by atoms with Gasteiger partial charge in [0.2, 0.25) is 0 Å². The Kier molecular flexibility index (Phi) is 5.90. The Morgan fingerprint density at radius 1 is 0.862 bits per heavy atom. The summed E-state index contributed by atoms with van der Waals surface area (Å²) in [4.78, 5) is 20.5. The Morgan fingerprint density at radius 3 is 2.21 bits per heavy atom. The molecule has 0 unspecified atom stereocenters. The Balaban J connectivity index is 1.26. The number of amides is 2. The van der Waals surface area contributed by atoms with Gasteiger partial charge in [-0.3, -0.25) is 4.98 Å². The minimum absolute atomic E-state index is 0.0203. The fourth-order valence-corrected chi connectivity index (χ4v) is 3.31. The number of carbonyl (C=O) groups excluding carboxylic acids is 1. The molecule has 0 saturated carbocycles. The molecule has 6 nitrogen and oxygen atoms in total. The van der Waals surface area contributed by atoms with Crippen LogP contribution in [0.5, 0.6) is 11.5 Å². The highest BCUT2D eigenvalue weighted by molar-refractivity contribution is 5.74. The van der Waals surface area contributed by atoms with Crippen LogP contribution in [-0.2, 0) is 6.54 Å². The van der Waals surface area contributed by atoms with Crippen LogP contribution in [0, 0.1) is 0 Å². The molecule has 1 fully saturated rings.